The fraction of sp³-hybridized carbons (Fsp3) is 0.333. The van der Waals surface area contributed by atoms with Crippen LogP contribution in [0.25, 0.3) is 22.2 Å². The SMILES string of the molecule is O=C(Cc1cc2cc(-c3cnco3)ncc2cn1)[C@@H]1CCCNC1. The van der Waals surface area contributed by atoms with E-state index < -0.39 is 0 Å². The summed E-state index contributed by atoms with van der Waals surface area (Å²) >= 11 is 0. The molecule has 0 spiro atoms. The van der Waals surface area contributed by atoms with Crippen molar-refractivity contribution in [2.45, 2.75) is 19.3 Å². The standard InChI is InChI=1S/C18H18N4O2/c23-17(12-2-1-3-19-7-12)6-15-4-13-5-16(18-10-20-11-24-18)22-9-14(13)8-21-15/h4-5,8-12,19H,1-3,6-7H2/t12-/m1/s1. The van der Waals surface area contributed by atoms with Crippen molar-refractivity contribution in [1.29, 1.82) is 0 Å². The van der Waals surface area contributed by atoms with Gasteiger partial charge in [0.05, 0.1) is 6.20 Å². The van der Waals surface area contributed by atoms with Crippen molar-refractivity contribution >= 4 is 16.6 Å². The maximum Gasteiger partial charge on any atom is 0.181 e. The van der Waals surface area contributed by atoms with Crippen molar-refractivity contribution in [1.82, 2.24) is 20.3 Å². The summed E-state index contributed by atoms with van der Waals surface area (Å²) in [7, 11) is 0. The number of ketones is 1. The molecule has 0 radical (unpaired) electrons. The summed E-state index contributed by atoms with van der Waals surface area (Å²) in [6, 6.07) is 3.90. The predicted octanol–water partition coefficient (Wildman–Crippen LogP) is 2.40. The van der Waals surface area contributed by atoms with Crippen molar-refractivity contribution in [3.05, 3.63) is 42.8 Å². The zero-order chi connectivity index (χ0) is 16.4. The third-order valence-electron chi connectivity index (χ3n) is 4.45. The summed E-state index contributed by atoms with van der Waals surface area (Å²) in [5.74, 6) is 0.997. The average Bonchev–Trinajstić information content (AvgIpc) is 3.16. The molecule has 4 rings (SSSR count). The Morgan fingerprint density at radius 1 is 1.21 bits per heavy atom. The molecule has 0 unspecified atom stereocenters. The van der Waals surface area contributed by atoms with Gasteiger partial charge in [-0.2, -0.15) is 0 Å². The van der Waals surface area contributed by atoms with Crippen LogP contribution in [0, 0.1) is 5.92 Å². The molecule has 1 saturated heterocycles. The fourth-order valence-corrected chi connectivity index (χ4v) is 3.11. The Hall–Kier alpha value is -2.60. The Morgan fingerprint density at radius 3 is 2.92 bits per heavy atom. The van der Waals surface area contributed by atoms with Crippen LogP contribution < -0.4 is 5.32 Å². The predicted molar refractivity (Wildman–Crippen MR) is 89.3 cm³/mol. The van der Waals surface area contributed by atoms with E-state index in [2.05, 4.69) is 20.3 Å². The lowest BCUT2D eigenvalue weighted by atomic mass is 9.92. The second-order valence-electron chi connectivity index (χ2n) is 6.14. The van der Waals surface area contributed by atoms with Gasteiger partial charge >= 0.3 is 0 Å². The number of nitrogens with one attached hydrogen (secondary N) is 1. The van der Waals surface area contributed by atoms with Gasteiger partial charge in [-0.15, -0.1) is 0 Å². The second kappa shape index (κ2) is 6.49. The summed E-state index contributed by atoms with van der Waals surface area (Å²) in [5.41, 5.74) is 1.52. The van der Waals surface area contributed by atoms with Crippen LogP contribution in [-0.4, -0.2) is 33.8 Å². The molecule has 24 heavy (non-hydrogen) atoms. The van der Waals surface area contributed by atoms with E-state index >= 15 is 0 Å². The zero-order valence-electron chi connectivity index (χ0n) is 13.2. The number of carbonyl (C=O) groups excluding carboxylic acids is 1. The van der Waals surface area contributed by atoms with Crippen molar-refractivity contribution in [3.8, 4) is 11.5 Å². The number of oxazole rings is 1. The summed E-state index contributed by atoms with van der Waals surface area (Å²) < 4.78 is 5.29. The van der Waals surface area contributed by atoms with Gasteiger partial charge in [-0.3, -0.25) is 14.8 Å². The number of rotatable bonds is 4. The van der Waals surface area contributed by atoms with Gasteiger partial charge in [0, 0.05) is 42.4 Å². The second-order valence-corrected chi connectivity index (χ2v) is 6.14. The van der Waals surface area contributed by atoms with Gasteiger partial charge in [-0.25, -0.2) is 4.98 Å². The number of hydrogen-bond donors (Lipinski definition) is 1. The minimum Gasteiger partial charge on any atom is -0.442 e. The molecule has 3 aromatic heterocycles. The number of hydrogen-bond acceptors (Lipinski definition) is 6. The molecule has 0 aliphatic carbocycles. The third kappa shape index (κ3) is 3.05. The van der Waals surface area contributed by atoms with Crippen molar-refractivity contribution in [2.75, 3.05) is 13.1 Å². The van der Waals surface area contributed by atoms with Gasteiger partial charge in [0.2, 0.25) is 0 Å². The largest absolute Gasteiger partial charge is 0.442 e. The number of piperidine rings is 1. The molecule has 0 saturated carbocycles. The van der Waals surface area contributed by atoms with E-state index in [1.165, 1.54) is 6.39 Å². The van der Waals surface area contributed by atoms with Crippen LogP contribution >= 0.6 is 0 Å². The highest BCUT2D eigenvalue weighted by molar-refractivity contribution is 5.87. The maximum atomic E-state index is 12.4. The van der Waals surface area contributed by atoms with E-state index in [0.717, 1.165) is 48.1 Å². The fourth-order valence-electron chi connectivity index (χ4n) is 3.11. The Morgan fingerprint density at radius 2 is 2.12 bits per heavy atom. The third-order valence-corrected chi connectivity index (χ3v) is 4.45. The first-order valence-corrected chi connectivity index (χ1v) is 8.16. The van der Waals surface area contributed by atoms with Gasteiger partial charge in [-0.05, 0) is 36.9 Å². The first kappa shape index (κ1) is 15.0. The van der Waals surface area contributed by atoms with Gasteiger partial charge in [-0.1, -0.05) is 0 Å². The molecule has 0 bridgehead atoms. The van der Waals surface area contributed by atoms with E-state index in [9.17, 15) is 4.79 Å². The van der Waals surface area contributed by atoms with Crippen molar-refractivity contribution < 1.29 is 9.21 Å². The number of nitrogens with zero attached hydrogens (tertiary/aromatic N) is 3. The Balaban J connectivity index is 1.58. The lowest BCUT2D eigenvalue weighted by Crippen LogP contribution is -2.35. The van der Waals surface area contributed by atoms with E-state index in [4.69, 9.17) is 4.42 Å². The molecule has 6 nitrogen and oxygen atoms in total. The minimum absolute atomic E-state index is 0.110. The smallest absolute Gasteiger partial charge is 0.181 e. The van der Waals surface area contributed by atoms with E-state index in [0.29, 0.717) is 12.2 Å². The molecule has 1 aliphatic heterocycles. The highest BCUT2D eigenvalue weighted by Crippen LogP contribution is 2.22. The van der Waals surface area contributed by atoms with Crippen LogP contribution in [0.15, 0.2) is 41.5 Å². The molecule has 4 heterocycles. The Bertz CT molecular complexity index is 855. The van der Waals surface area contributed by atoms with Crippen LogP contribution in [-0.2, 0) is 11.2 Å². The number of Topliss-reactive ketones (excluding diaryl/α,β-unsaturated/α-hetero) is 1. The molecular formula is C18H18N4O2. The number of pyridine rings is 2. The molecular weight excluding hydrogens is 304 g/mol. The van der Waals surface area contributed by atoms with Gasteiger partial charge < -0.3 is 9.73 Å². The lowest BCUT2D eigenvalue weighted by molar-refractivity contribution is -0.122. The molecule has 1 N–H and O–H groups in total. The molecule has 0 amide bonds. The normalized spacial score (nSPS) is 17.9. The maximum absolute atomic E-state index is 12.4. The van der Waals surface area contributed by atoms with Crippen LogP contribution in [0.3, 0.4) is 0 Å². The van der Waals surface area contributed by atoms with Crippen molar-refractivity contribution in [2.24, 2.45) is 5.92 Å². The molecule has 0 aromatic carbocycles. The molecule has 1 fully saturated rings. The van der Waals surface area contributed by atoms with Crippen LogP contribution in [0.5, 0.6) is 0 Å². The minimum atomic E-state index is 0.110. The molecule has 6 heteroatoms. The van der Waals surface area contributed by atoms with Crippen LogP contribution in [0.1, 0.15) is 18.5 Å². The van der Waals surface area contributed by atoms with Crippen LogP contribution in [0.2, 0.25) is 0 Å². The number of carbonyl (C=O) groups is 1. The Kier molecular flexibility index (Phi) is 4.04. The summed E-state index contributed by atoms with van der Waals surface area (Å²) in [4.78, 5) is 25.1. The molecule has 3 aromatic rings. The highest BCUT2D eigenvalue weighted by atomic mass is 16.3. The summed E-state index contributed by atoms with van der Waals surface area (Å²) in [5, 5.41) is 5.22. The first-order chi connectivity index (χ1) is 11.8. The number of aromatic nitrogens is 3. The highest BCUT2D eigenvalue weighted by Gasteiger charge is 2.21. The van der Waals surface area contributed by atoms with Gasteiger partial charge in [0.25, 0.3) is 0 Å². The molecule has 122 valence electrons. The van der Waals surface area contributed by atoms with E-state index in [-0.39, 0.29) is 11.7 Å². The summed E-state index contributed by atoms with van der Waals surface area (Å²) in [6.07, 6.45) is 8.96. The van der Waals surface area contributed by atoms with Gasteiger partial charge in [0.15, 0.2) is 12.2 Å². The van der Waals surface area contributed by atoms with Crippen LogP contribution in [0.4, 0.5) is 0 Å². The van der Waals surface area contributed by atoms with Crippen molar-refractivity contribution in [3.63, 3.8) is 0 Å². The quantitative estimate of drug-likeness (QED) is 0.794. The monoisotopic (exact) mass is 322 g/mol. The molecule has 1 atom stereocenters. The first-order valence-electron chi connectivity index (χ1n) is 8.16. The zero-order valence-corrected chi connectivity index (χ0v) is 13.2. The van der Waals surface area contributed by atoms with E-state index in [1.54, 1.807) is 18.6 Å². The summed E-state index contributed by atoms with van der Waals surface area (Å²) in [6.45, 7) is 1.79. The average molecular weight is 322 g/mol. The topological polar surface area (TPSA) is 80.9 Å². The number of fused-ring (bicyclic) bond motifs is 1. The van der Waals surface area contributed by atoms with Gasteiger partial charge in [0.1, 0.15) is 11.5 Å². The lowest BCUT2D eigenvalue weighted by Gasteiger charge is -2.21. The molecule has 1 aliphatic rings. The Labute approximate surface area is 139 Å². The van der Waals surface area contributed by atoms with E-state index in [1.807, 2.05) is 12.1 Å².